The molecule has 0 bridgehead atoms. The number of aromatic nitrogens is 4. The molecule has 2 aromatic heterocycles. The number of phenols is 1. The van der Waals surface area contributed by atoms with Gasteiger partial charge in [0.2, 0.25) is 5.88 Å². The molecule has 4 aromatic rings. The van der Waals surface area contributed by atoms with Crippen LogP contribution in [0.5, 0.6) is 17.4 Å². The van der Waals surface area contributed by atoms with Gasteiger partial charge in [0.25, 0.3) is 0 Å². The van der Waals surface area contributed by atoms with Crippen LogP contribution in [0.1, 0.15) is 0 Å². The van der Waals surface area contributed by atoms with E-state index in [1.165, 1.54) is 0 Å². The number of halogens is 1. The Labute approximate surface area is 145 Å². The Morgan fingerprint density at radius 1 is 0.875 bits per heavy atom. The first-order chi connectivity index (χ1) is 11.7. The largest absolute Gasteiger partial charge is 0.508 e. The molecule has 0 unspecified atom stereocenters. The van der Waals surface area contributed by atoms with Crippen molar-refractivity contribution < 1.29 is 9.84 Å². The van der Waals surface area contributed by atoms with Gasteiger partial charge in [0.05, 0.1) is 0 Å². The fourth-order valence-electron chi connectivity index (χ4n) is 2.24. The minimum atomic E-state index is 0.182. The Balaban J connectivity index is 1.72. The molecule has 6 nitrogen and oxygen atoms in total. The average Bonchev–Trinajstić information content (AvgIpc) is 3.01. The zero-order chi connectivity index (χ0) is 16.5. The van der Waals surface area contributed by atoms with Crippen LogP contribution in [-0.2, 0) is 0 Å². The van der Waals surface area contributed by atoms with Gasteiger partial charge < -0.3 is 9.84 Å². The topological polar surface area (TPSA) is 72.5 Å². The lowest BCUT2D eigenvalue weighted by Crippen LogP contribution is -1.97. The van der Waals surface area contributed by atoms with E-state index in [1.807, 2.05) is 24.3 Å². The molecule has 0 saturated carbocycles. The van der Waals surface area contributed by atoms with E-state index >= 15 is 0 Å². The molecule has 0 aliphatic heterocycles. The van der Waals surface area contributed by atoms with Gasteiger partial charge in [-0.2, -0.15) is 4.52 Å². The summed E-state index contributed by atoms with van der Waals surface area (Å²) >= 11 is 3.42. The van der Waals surface area contributed by atoms with Crippen LogP contribution < -0.4 is 4.74 Å². The Kier molecular flexibility index (Phi) is 3.62. The molecule has 2 heterocycles. The highest BCUT2D eigenvalue weighted by Crippen LogP contribution is 2.24. The Morgan fingerprint density at radius 3 is 2.38 bits per heavy atom. The molecule has 7 heteroatoms. The first kappa shape index (κ1) is 14.6. The van der Waals surface area contributed by atoms with Crippen LogP contribution in [0, 0.1) is 0 Å². The minimum absolute atomic E-state index is 0.182. The number of hydrogen-bond donors (Lipinski definition) is 1. The van der Waals surface area contributed by atoms with Gasteiger partial charge >= 0.3 is 0 Å². The number of fused-ring (bicyclic) bond motifs is 1. The van der Waals surface area contributed by atoms with Gasteiger partial charge in [-0.25, -0.2) is 0 Å². The van der Waals surface area contributed by atoms with Gasteiger partial charge in [0, 0.05) is 16.1 Å². The average molecular weight is 383 g/mol. The van der Waals surface area contributed by atoms with Gasteiger partial charge in [0.1, 0.15) is 11.5 Å². The molecular formula is C17H11BrN4O2. The van der Waals surface area contributed by atoms with Crippen molar-refractivity contribution in [2.75, 3.05) is 0 Å². The van der Waals surface area contributed by atoms with Crippen molar-refractivity contribution >= 4 is 21.6 Å². The van der Waals surface area contributed by atoms with Crippen molar-refractivity contribution in [2.45, 2.75) is 0 Å². The molecule has 0 spiro atoms. The van der Waals surface area contributed by atoms with Gasteiger partial charge in [-0.15, -0.1) is 15.3 Å². The number of hydrogen-bond acceptors (Lipinski definition) is 5. The molecule has 24 heavy (non-hydrogen) atoms. The molecule has 0 aliphatic rings. The van der Waals surface area contributed by atoms with Crippen LogP contribution in [0.15, 0.2) is 65.1 Å². The number of nitrogens with zero attached hydrogens (tertiary/aromatic N) is 4. The Morgan fingerprint density at radius 2 is 1.62 bits per heavy atom. The molecule has 118 valence electrons. The van der Waals surface area contributed by atoms with Crippen molar-refractivity contribution in [3.8, 4) is 28.8 Å². The minimum Gasteiger partial charge on any atom is -0.508 e. The van der Waals surface area contributed by atoms with Crippen LogP contribution in [0.3, 0.4) is 0 Å². The van der Waals surface area contributed by atoms with Crippen LogP contribution in [0.2, 0.25) is 0 Å². The number of benzene rings is 2. The molecule has 2 aromatic carbocycles. The van der Waals surface area contributed by atoms with Crippen molar-refractivity contribution in [1.29, 1.82) is 0 Å². The third-order valence-electron chi connectivity index (χ3n) is 3.40. The van der Waals surface area contributed by atoms with E-state index in [0.29, 0.717) is 23.1 Å². The van der Waals surface area contributed by atoms with Crippen LogP contribution in [0.25, 0.3) is 17.0 Å². The van der Waals surface area contributed by atoms with Crippen molar-refractivity contribution in [2.24, 2.45) is 0 Å². The number of phenolic OH excluding ortho intramolecular Hbond substituents is 1. The SMILES string of the molecule is Oc1ccc(Oc2ccc3nnc(-c4ccc(Br)cc4)n3n2)cc1. The second kappa shape index (κ2) is 5.93. The summed E-state index contributed by atoms with van der Waals surface area (Å²) in [7, 11) is 0. The number of rotatable bonds is 3. The molecule has 0 saturated heterocycles. The third kappa shape index (κ3) is 2.81. The maximum Gasteiger partial charge on any atom is 0.237 e. The molecular weight excluding hydrogens is 372 g/mol. The highest BCUT2D eigenvalue weighted by Gasteiger charge is 2.10. The number of aromatic hydroxyl groups is 1. The van der Waals surface area contributed by atoms with Gasteiger partial charge in [-0.1, -0.05) is 28.1 Å². The first-order valence-electron chi connectivity index (χ1n) is 7.14. The van der Waals surface area contributed by atoms with Gasteiger partial charge in [0.15, 0.2) is 11.5 Å². The van der Waals surface area contributed by atoms with E-state index in [9.17, 15) is 5.11 Å². The van der Waals surface area contributed by atoms with E-state index in [1.54, 1.807) is 40.9 Å². The monoisotopic (exact) mass is 382 g/mol. The fourth-order valence-corrected chi connectivity index (χ4v) is 2.50. The summed E-state index contributed by atoms with van der Waals surface area (Å²) in [4.78, 5) is 0. The van der Waals surface area contributed by atoms with Gasteiger partial charge in [-0.05, 0) is 42.5 Å². The smallest absolute Gasteiger partial charge is 0.237 e. The van der Waals surface area contributed by atoms with Crippen molar-refractivity contribution in [1.82, 2.24) is 19.8 Å². The maximum absolute atomic E-state index is 9.32. The summed E-state index contributed by atoms with van der Waals surface area (Å²) < 4.78 is 8.34. The van der Waals surface area contributed by atoms with E-state index in [2.05, 4.69) is 31.2 Å². The molecule has 0 atom stereocenters. The second-order valence-electron chi connectivity index (χ2n) is 5.07. The quantitative estimate of drug-likeness (QED) is 0.578. The third-order valence-corrected chi connectivity index (χ3v) is 3.93. The zero-order valence-corrected chi connectivity index (χ0v) is 13.9. The molecule has 1 N–H and O–H groups in total. The van der Waals surface area contributed by atoms with E-state index < -0.39 is 0 Å². The molecule has 0 radical (unpaired) electrons. The lowest BCUT2D eigenvalue weighted by molar-refractivity contribution is 0.446. The second-order valence-corrected chi connectivity index (χ2v) is 5.98. The normalized spacial score (nSPS) is 10.9. The van der Waals surface area contributed by atoms with Gasteiger partial charge in [-0.3, -0.25) is 0 Å². The summed E-state index contributed by atoms with van der Waals surface area (Å²) in [5, 5.41) is 22.1. The predicted octanol–water partition coefficient (Wildman–Crippen LogP) is 4.05. The van der Waals surface area contributed by atoms with Crippen molar-refractivity contribution in [3.63, 3.8) is 0 Å². The molecule has 4 rings (SSSR count). The van der Waals surface area contributed by atoms with Crippen molar-refractivity contribution in [3.05, 3.63) is 65.1 Å². The summed E-state index contributed by atoms with van der Waals surface area (Å²) in [6, 6.07) is 17.7. The molecule has 0 amide bonds. The lowest BCUT2D eigenvalue weighted by Gasteiger charge is -2.05. The Bertz CT molecular complexity index is 997. The summed E-state index contributed by atoms with van der Waals surface area (Å²) in [5.41, 5.74) is 1.53. The highest BCUT2D eigenvalue weighted by molar-refractivity contribution is 9.10. The Hall–Kier alpha value is -2.93. The fraction of sp³-hybridized carbons (Fsp3) is 0. The van der Waals surface area contributed by atoms with E-state index in [0.717, 1.165) is 10.0 Å². The predicted molar refractivity (Wildman–Crippen MR) is 92.1 cm³/mol. The first-order valence-corrected chi connectivity index (χ1v) is 7.94. The van der Waals surface area contributed by atoms with E-state index in [-0.39, 0.29) is 5.75 Å². The zero-order valence-electron chi connectivity index (χ0n) is 12.3. The van der Waals surface area contributed by atoms with Crippen LogP contribution in [-0.4, -0.2) is 24.9 Å². The maximum atomic E-state index is 9.32. The van der Waals surface area contributed by atoms with E-state index in [4.69, 9.17) is 4.74 Å². The number of ether oxygens (including phenoxy) is 1. The molecule has 0 fully saturated rings. The molecule has 0 aliphatic carbocycles. The standard InChI is InChI=1S/C17H11BrN4O2/c18-12-3-1-11(2-4-12)17-20-19-15-9-10-16(21-22(15)17)24-14-7-5-13(23)6-8-14/h1-10,23H. The summed E-state index contributed by atoms with van der Waals surface area (Å²) in [6.45, 7) is 0. The summed E-state index contributed by atoms with van der Waals surface area (Å²) in [6.07, 6.45) is 0. The summed E-state index contributed by atoms with van der Waals surface area (Å²) in [5.74, 6) is 1.81. The van der Waals surface area contributed by atoms with Crippen LogP contribution in [0.4, 0.5) is 0 Å². The van der Waals surface area contributed by atoms with Crippen LogP contribution >= 0.6 is 15.9 Å². The lowest BCUT2D eigenvalue weighted by atomic mass is 10.2. The highest BCUT2D eigenvalue weighted by atomic mass is 79.9.